The minimum absolute atomic E-state index is 0.0888. The lowest BCUT2D eigenvalue weighted by molar-refractivity contribution is 0.477. The van der Waals surface area contributed by atoms with Crippen LogP contribution in [0.15, 0.2) is 88.5 Å². The van der Waals surface area contributed by atoms with E-state index in [0.717, 1.165) is 20.5 Å². The first kappa shape index (κ1) is 18.8. The van der Waals surface area contributed by atoms with Gasteiger partial charge in [0.25, 0.3) is 0 Å². The van der Waals surface area contributed by atoms with Crippen molar-refractivity contribution in [3.63, 3.8) is 0 Å². The molecule has 0 aliphatic heterocycles. The van der Waals surface area contributed by atoms with Crippen molar-refractivity contribution in [3.8, 4) is 5.75 Å². The number of nitrogens with one attached hydrogen (secondary N) is 1. The first-order chi connectivity index (χ1) is 15.6. The van der Waals surface area contributed by atoms with Gasteiger partial charge in [0.1, 0.15) is 5.75 Å². The number of fused-ring (bicyclic) bond motifs is 5. The molecule has 0 spiro atoms. The van der Waals surface area contributed by atoms with Crippen molar-refractivity contribution in [2.75, 3.05) is 0 Å². The van der Waals surface area contributed by atoms with Crippen LogP contribution in [0, 0.1) is 0 Å². The Labute approximate surface area is 186 Å². The molecule has 4 nitrogen and oxygen atoms in total. The van der Waals surface area contributed by atoms with Crippen molar-refractivity contribution in [1.82, 2.24) is 4.98 Å². The Morgan fingerprint density at radius 1 is 0.750 bits per heavy atom. The highest BCUT2D eigenvalue weighted by molar-refractivity contribution is 7.24. The summed E-state index contributed by atoms with van der Waals surface area (Å²) in [4.78, 5) is 30.4. The Morgan fingerprint density at radius 2 is 1.38 bits per heavy atom. The van der Waals surface area contributed by atoms with Crippen molar-refractivity contribution in [2.24, 2.45) is 0 Å². The molecular formula is C27H17NO3S. The molecule has 6 rings (SSSR count). The van der Waals surface area contributed by atoms with E-state index in [1.807, 2.05) is 54.6 Å². The normalized spacial score (nSPS) is 11.6. The average molecular weight is 436 g/mol. The van der Waals surface area contributed by atoms with E-state index in [0.29, 0.717) is 28.3 Å². The fourth-order valence-electron chi connectivity index (χ4n) is 4.46. The van der Waals surface area contributed by atoms with Gasteiger partial charge in [-0.25, -0.2) is 0 Å². The molecule has 5 aromatic carbocycles. The summed E-state index contributed by atoms with van der Waals surface area (Å²) in [6.45, 7) is 0. The molecule has 0 atom stereocenters. The van der Waals surface area contributed by atoms with Crippen LogP contribution in [0.1, 0.15) is 11.1 Å². The number of hydrogen-bond donors (Lipinski definition) is 2. The zero-order valence-electron chi connectivity index (χ0n) is 16.9. The van der Waals surface area contributed by atoms with Crippen LogP contribution in [0.5, 0.6) is 5.75 Å². The van der Waals surface area contributed by atoms with Crippen molar-refractivity contribution in [3.05, 3.63) is 110 Å². The molecule has 0 amide bonds. The van der Waals surface area contributed by atoms with Crippen LogP contribution in [0.4, 0.5) is 0 Å². The minimum atomic E-state index is -0.324. The van der Waals surface area contributed by atoms with Gasteiger partial charge in [0.2, 0.25) is 0 Å². The molecule has 0 aliphatic carbocycles. The molecule has 0 fully saturated rings. The number of rotatable bonds is 2. The number of para-hydroxylation sites is 1. The number of aromatic amines is 1. The van der Waals surface area contributed by atoms with Crippen LogP contribution in [-0.4, -0.2) is 10.1 Å². The highest BCUT2D eigenvalue weighted by Crippen LogP contribution is 2.39. The molecule has 2 N–H and O–H groups in total. The average Bonchev–Trinajstić information content (AvgIpc) is 2.84. The second kappa shape index (κ2) is 7.04. The summed E-state index contributed by atoms with van der Waals surface area (Å²) in [5.74, 6) is -0.107. The Balaban J connectivity index is 1.88. The van der Waals surface area contributed by atoms with Crippen LogP contribution in [0.2, 0.25) is 0 Å². The number of phenolic OH excluding ortho intramolecular Hbond substituents is 1. The third-order valence-electron chi connectivity index (χ3n) is 5.98. The number of hydrogen-bond acceptors (Lipinski definition) is 4. The van der Waals surface area contributed by atoms with Crippen LogP contribution in [0.3, 0.4) is 0 Å². The second-order valence-electron chi connectivity index (χ2n) is 7.87. The predicted octanol–water partition coefficient (Wildman–Crippen LogP) is 5.71. The predicted molar refractivity (Wildman–Crippen MR) is 132 cm³/mol. The number of aromatic nitrogens is 1. The molecule has 0 aliphatic rings. The SMILES string of the molecule is O=c1c2ccccc2c(=O)c2c1c(O)c(Cc1ccccc1)c1sc3ccccc3[nH]c12. The Hall–Kier alpha value is -3.96. The Bertz CT molecular complexity index is 1800. The standard InChI is InChI=1S/C27H17NO3S/c29-24-16-10-4-5-11-17(16)25(30)22-21(24)23-27(32-20-13-7-6-12-19(20)28-23)18(26(22)31)14-15-8-2-1-3-9-15/h1-13,28,31H,14H2. The zero-order valence-corrected chi connectivity index (χ0v) is 17.7. The third kappa shape index (κ3) is 2.68. The summed E-state index contributed by atoms with van der Waals surface area (Å²) in [5, 5.41) is 12.4. The molecule has 6 aromatic rings. The summed E-state index contributed by atoms with van der Waals surface area (Å²) in [6, 6.07) is 24.5. The molecule has 154 valence electrons. The fourth-order valence-corrected chi connectivity index (χ4v) is 5.61. The van der Waals surface area contributed by atoms with E-state index in [9.17, 15) is 14.7 Å². The highest BCUT2D eigenvalue weighted by atomic mass is 32.1. The van der Waals surface area contributed by atoms with E-state index in [1.165, 1.54) is 11.3 Å². The van der Waals surface area contributed by atoms with Crippen molar-refractivity contribution in [1.29, 1.82) is 0 Å². The summed E-state index contributed by atoms with van der Waals surface area (Å²) in [7, 11) is 0. The van der Waals surface area contributed by atoms with E-state index >= 15 is 0 Å². The zero-order chi connectivity index (χ0) is 21.8. The minimum Gasteiger partial charge on any atom is -0.507 e. The fraction of sp³-hybridized carbons (Fsp3) is 0.0370. The van der Waals surface area contributed by atoms with Gasteiger partial charge in [-0.1, -0.05) is 66.7 Å². The van der Waals surface area contributed by atoms with Gasteiger partial charge in [0.05, 0.1) is 31.2 Å². The number of aromatic hydroxyl groups is 1. The highest BCUT2D eigenvalue weighted by Gasteiger charge is 2.22. The van der Waals surface area contributed by atoms with E-state index < -0.39 is 0 Å². The first-order valence-electron chi connectivity index (χ1n) is 10.3. The summed E-state index contributed by atoms with van der Waals surface area (Å²) >= 11 is 1.51. The maximum Gasteiger partial charge on any atom is 0.198 e. The number of H-pyrrole nitrogens is 1. The molecule has 1 heterocycles. The maximum absolute atomic E-state index is 13.5. The topological polar surface area (TPSA) is 70.2 Å². The van der Waals surface area contributed by atoms with Gasteiger partial charge < -0.3 is 10.1 Å². The molecular weight excluding hydrogens is 418 g/mol. The summed E-state index contributed by atoms with van der Waals surface area (Å²) < 4.78 is 1.79. The van der Waals surface area contributed by atoms with Crippen molar-refractivity contribution < 1.29 is 5.11 Å². The van der Waals surface area contributed by atoms with Gasteiger partial charge in [0.15, 0.2) is 10.9 Å². The lowest BCUT2D eigenvalue weighted by atomic mass is 9.95. The van der Waals surface area contributed by atoms with E-state index in [4.69, 9.17) is 0 Å². The lowest BCUT2D eigenvalue weighted by Gasteiger charge is -2.14. The maximum atomic E-state index is 13.5. The smallest absolute Gasteiger partial charge is 0.198 e. The largest absolute Gasteiger partial charge is 0.507 e. The van der Waals surface area contributed by atoms with Gasteiger partial charge in [0, 0.05) is 22.8 Å². The molecule has 5 heteroatoms. The monoisotopic (exact) mass is 435 g/mol. The molecule has 0 bridgehead atoms. The third-order valence-corrected chi connectivity index (χ3v) is 7.21. The Kier molecular flexibility index (Phi) is 4.13. The van der Waals surface area contributed by atoms with E-state index in [-0.39, 0.29) is 27.4 Å². The first-order valence-corrected chi connectivity index (χ1v) is 11.1. The van der Waals surface area contributed by atoms with Gasteiger partial charge in [-0.3, -0.25) is 9.59 Å². The van der Waals surface area contributed by atoms with Crippen LogP contribution in [0.25, 0.3) is 42.0 Å². The van der Waals surface area contributed by atoms with Gasteiger partial charge in [-0.2, -0.15) is 0 Å². The van der Waals surface area contributed by atoms with Crippen molar-refractivity contribution >= 4 is 53.3 Å². The summed E-state index contributed by atoms with van der Waals surface area (Å²) in [5.41, 5.74) is 2.57. The number of benzene rings is 5. The van der Waals surface area contributed by atoms with Crippen molar-refractivity contribution in [2.45, 2.75) is 6.42 Å². The number of phenols is 1. The second-order valence-corrected chi connectivity index (χ2v) is 8.92. The quantitative estimate of drug-likeness (QED) is 0.271. The van der Waals surface area contributed by atoms with E-state index in [2.05, 4.69) is 4.98 Å². The summed E-state index contributed by atoms with van der Waals surface area (Å²) in [6.07, 6.45) is 0.447. The van der Waals surface area contributed by atoms with Gasteiger partial charge >= 0.3 is 0 Å². The molecule has 0 unspecified atom stereocenters. The Morgan fingerprint density at radius 3 is 2.12 bits per heavy atom. The molecule has 0 saturated heterocycles. The van der Waals surface area contributed by atoms with E-state index in [1.54, 1.807) is 24.3 Å². The molecule has 1 aromatic heterocycles. The molecule has 32 heavy (non-hydrogen) atoms. The molecule has 0 saturated carbocycles. The van der Waals surface area contributed by atoms with Gasteiger partial charge in [-0.15, -0.1) is 11.3 Å². The van der Waals surface area contributed by atoms with Gasteiger partial charge in [-0.05, 0) is 17.7 Å². The van der Waals surface area contributed by atoms with Crippen LogP contribution in [-0.2, 0) is 6.42 Å². The molecule has 0 radical (unpaired) electrons. The van der Waals surface area contributed by atoms with Crippen LogP contribution < -0.4 is 10.9 Å². The van der Waals surface area contributed by atoms with Crippen LogP contribution >= 0.6 is 11.3 Å². The lowest BCUT2D eigenvalue weighted by Crippen LogP contribution is -2.14.